The summed E-state index contributed by atoms with van der Waals surface area (Å²) in [5.74, 6) is 0.637. The lowest BCUT2D eigenvalue weighted by Gasteiger charge is -2.21. The number of hydrogen-bond acceptors (Lipinski definition) is 4. The molecule has 0 amide bonds. The monoisotopic (exact) mass is 455 g/mol. The van der Waals surface area contributed by atoms with Crippen molar-refractivity contribution in [1.82, 2.24) is 15.0 Å². The first-order chi connectivity index (χ1) is 17.0. The molecule has 0 bridgehead atoms. The lowest BCUT2D eigenvalue weighted by Crippen LogP contribution is -2.16. The molecular weight excluding hydrogens is 430 g/mol. The summed E-state index contributed by atoms with van der Waals surface area (Å²) >= 11 is 0. The third-order valence-electron chi connectivity index (χ3n) is 6.20. The van der Waals surface area contributed by atoms with Gasteiger partial charge in [0.1, 0.15) is 5.52 Å². The van der Waals surface area contributed by atoms with Crippen LogP contribution in [-0.2, 0) is 5.41 Å². The Labute approximate surface area is 204 Å². The van der Waals surface area contributed by atoms with Gasteiger partial charge in [0.2, 0.25) is 5.89 Å². The van der Waals surface area contributed by atoms with E-state index in [0.717, 1.165) is 55.8 Å². The molecule has 6 aromatic rings. The van der Waals surface area contributed by atoms with Crippen LogP contribution in [0.5, 0.6) is 0 Å². The number of benzene rings is 4. The van der Waals surface area contributed by atoms with Crippen molar-refractivity contribution in [3.8, 4) is 33.8 Å². The van der Waals surface area contributed by atoms with E-state index < -0.39 is 0 Å². The molecule has 0 N–H and O–H groups in total. The molecule has 2 aromatic heterocycles. The molecule has 0 radical (unpaired) electrons. The Morgan fingerprint density at radius 2 is 1.03 bits per heavy atom. The van der Waals surface area contributed by atoms with Crippen LogP contribution >= 0.6 is 0 Å². The first-order valence-electron chi connectivity index (χ1n) is 11.8. The fourth-order valence-corrected chi connectivity index (χ4v) is 4.35. The van der Waals surface area contributed by atoms with Crippen molar-refractivity contribution in [3.05, 3.63) is 103 Å². The van der Waals surface area contributed by atoms with E-state index in [1.54, 1.807) is 0 Å². The van der Waals surface area contributed by atoms with Gasteiger partial charge in [-0.3, -0.25) is 0 Å². The van der Waals surface area contributed by atoms with E-state index in [-0.39, 0.29) is 5.41 Å². The largest absolute Gasteiger partial charge is 0.436 e. The van der Waals surface area contributed by atoms with E-state index in [9.17, 15) is 0 Å². The summed E-state index contributed by atoms with van der Waals surface area (Å²) in [6.07, 6.45) is 0. The second-order valence-electron chi connectivity index (χ2n) is 9.80. The van der Waals surface area contributed by atoms with Gasteiger partial charge < -0.3 is 4.42 Å². The predicted molar refractivity (Wildman–Crippen MR) is 142 cm³/mol. The standard InChI is InChI=1S/C31H25N3O/c1-31(2,3)29-28(32-24-8-4-5-9-25(24)33-29)22-16-12-20(13-17-22)21-14-18-23(19-15-21)30-34-26-10-6-7-11-27(26)35-30/h4-19H,1-3H3. The summed E-state index contributed by atoms with van der Waals surface area (Å²) in [5, 5.41) is 0. The topological polar surface area (TPSA) is 51.8 Å². The molecule has 4 aromatic carbocycles. The van der Waals surface area contributed by atoms with Gasteiger partial charge in [-0.2, -0.15) is 0 Å². The van der Waals surface area contributed by atoms with Crippen LogP contribution in [0.1, 0.15) is 26.5 Å². The molecule has 4 nitrogen and oxygen atoms in total. The first-order valence-corrected chi connectivity index (χ1v) is 11.8. The zero-order chi connectivity index (χ0) is 24.0. The molecule has 0 saturated heterocycles. The minimum absolute atomic E-state index is 0.119. The van der Waals surface area contributed by atoms with Gasteiger partial charge in [-0.05, 0) is 47.5 Å². The summed E-state index contributed by atoms with van der Waals surface area (Å²) < 4.78 is 5.91. The second kappa shape index (κ2) is 8.17. The van der Waals surface area contributed by atoms with Crippen LogP contribution < -0.4 is 0 Å². The predicted octanol–water partition coefficient (Wildman–Crippen LogP) is 8.07. The lowest BCUT2D eigenvalue weighted by atomic mass is 9.88. The SMILES string of the molecule is CC(C)(C)c1nc2ccccc2nc1-c1ccc(-c2ccc(-c3nc4ccccc4o3)cc2)cc1. The zero-order valence-corrected chi connectivity index (χ0v) is 20.0. The van der Waals surface area contributed by atoms with Gasteiger partial charge in [0.05, 0.1) is 22.4 Å². The van der Waals surface area contributed by atoms with E-state index in [4.69, 9.17) is 14.4 Å². The number of aromatic nitrogens is 3. The maximum absolute atomic E-state index is 5.91. The maximum atomic E-state index is 5.91. The highest BCUT2D eigenvalue weighted by Crippen LogP contribution is 2.33. The number of fused-ring (bicyclic) bond motifs is 2. The summed E-state index contributed by atoms with van der Waals surface area (Å²) in [6, 6.07) is 32.8. The van der Waals surface area contributed by atoms with E-state index in [1.165, 1.54) is 0 Å². The molecule has 0 unspecified atom stereocenters. The van der Waals surface area contributed by atoms with Crippen molar-refractivity contribution in [1.29, 1.82) is 0 Å². The Morgan fingerprint density at radius 3 is 1.63 bits per heavy atom. The number of rotatable bonds is 3. The van der Waals surface area contributed by atoms with Crippen LogP contribution in [0.25, 0.3) is 56.0 Å². The minimum atomic E-state index is -0.119. The third-order valence-corrected chi connectivity index (χ3v) is 6.20. The zero-order valence-electron chi connectivity index (χ0n) is 20.0. The maximum Gasteiger partial charge on any atom is 0.227 e. The molecule has 0 aliphatic rings. The second-order valence-corrected chi connectivity index (χ2v) is 9.80. The fourth-order valence-electron chi connectivity index (χ4n) is 4.35. The highest BCUT2D eigenvalue weighted by molar-refractivity contribution is 5.80. The van der Waals surface area contributed by atoms with E-state index >= 15 is 0 Å². The van der Waals surface area contributed by atoms with Gasteiger partial charge in [0.25, 0.3) is 0 Å². The van der Waals surface area contributed by atoms with Gasteiger partial charge in [0, 0.05) is 16.5 Å². The van der Waals surface area contributed by atoms with Crippen LogP contribution in [-0.4, -0.2) is 15.0 Å². The highest BCUT2D eigenvalue weighted by atomic mass is 16.3. The van der Waals surface area contributed by atoms with Crippen molar-refractivity contribution in [2.45, 2.75) is 26.2 Å². The molecule has 2 heterocycles. The molecule has 170 valence electrons. The van der Waals surface area contributed by atoms with E-state index in [2.05, 4.69) is 74.3 Å². The van der Waals surface area contributed by atoms with Crippen molar-refractivity contribution >= 4 is 22.1 Å². The molecule has 0 saturated carbocycles. The van der Waals surface area contributed by atoms with Crippen LogP contribution in [0.4, 0.5) is 0 Å². The normalized spacial score (nSPS) is 11.9. The summed E-state index contributed by atoms with van der Waals surface area (Å²) in [5.41, 5.74) is 9.64. The molecule has 6 rings (SSSR count). The van der Waals surface area contributed by atoms with Gasteiger partial charge in [-0.25, -0.2) is 15.0 Å². The van der Waals surface area contributed by atoms with Gasteiger partial charge >= 0.3 is 0 Å². The molecule has 0 spiro atoms. The van der Waals surface area contributed by atoms with E-state index in [1.807, 2.05) is 48.5 Å². The van der Waals surface area contributed by atoms with Gasteiger partial charge in [0.15, 0.2) is 5.58 Å². The Balaban J connectivity index is 1.33. The summed E-state index contributed by atoms with van der Waals surface area (Å²) in [6.45, 7) is 6.55. The Hall–Kier alpha value is -4.31. The molecule has 0 aliphatic heterocycles. The number of para-hydroxylation sites is 4. The summed E-state index contributed by atoms with van der Waals surface area (Å²) in [4.78, 5) is 14.6. The van der Waals surface area contributed by atoms with Crippen LogP contribution in [0.3, 0.4) is 0 Å². The molecule has 0 aliphatic carbocycles. The van der Waals surface area contributed by atoms with Crippen LogP contribution in [0, 0.1) is 0 Å². The van der Waals surface area contributed by atoms with Crippen molar-refractivity contribution in [2.24, 2.45) is 0 Å². The highest BCUT2D eigenvalue weighted by Gasteiger charge is 2.23. The molecule has 4 heteroatoms. The quantitative estimate of drug-likeness (QED) is 0.271. The Morgan fingerprint density at radius 1 is 0.514 bits per heavy atom. The van der Waals surface area contributed by atoms with Crippen molar-refractivity contribution < 1.29 is 4.42 Å². The van der Waals surface area contributed by atoms with E-state index in [0.29, 0.717) is 5.89 Å². The lowest BCUT2D eigenvalue weighted by molar-refractivity contribution is 0.571. The van der Waals surface area contributed by atoms with Crippen LogP contribution in [0.2, 0.25) is 0 Å². The Bertz CT molecular complexity index is 1620. The third kappa shape index (κ3) is 3.97. The summed E-state index contributed by atoms with van der Waals surface area (Å²) in [7, 11) is 0. The van der Waals surface area contributed by atoms with Crippen molar-refractivity contribution in [2.75, 3.05) is 0 Å². The smallest absolute Gasteiger partial charge is 0.227 e. The molecule has 0 atom stereocenters. The fraction of sp³-hybridized carbons (Fsp3) is 0.129. The minimum Gasteiger partial charge on any atom is -0.436 e. The van der Waals surface area contributed by atoms with Crippen LogP contribution in [0.15, 0.2) is 101 Å². The molecule has 35 heavy (non-hydrogen) atoms. The molecular formula is C31H25N3O. The first kappa shape index (κ1) is 21.2. The average Bonchev–Trinajstić information content (AvgIpc) is 3.32. The average molecular weight is 456 g/mol. The van der Waals surface area contributed by atoms with Gasteiger partial charge in [-0.15, -0.1) is 0 Å². The van der Waals surface area contributed by atoms with Gasteiger partial charge in [-0.1, -0.05) is 81.4 Å². The van der Waals surface area contributed by atoms with Crippen molar-refractivity contribution in [3.63, 3.8) is 0 Å². The number of oxazole rings is 1. The Kier molecular flexibility index (Phi) is 4.96. The number of hydrogen-bond donors (Lipinski definition) is 0. The number of nitrogens with zero attached hydrogens (tertiary/aromatic N) is 3. The molecule has 0 fully saturated rings.